The van der Waals surface area contributed by atoms with Crippen LogP contribution >= 0.6 is 11.3 Å². The minimum absolute atomic E-state index is 0.126. The SMILES string of the molecule is CN1C(=O)C(=Cc2sc(=O)n(-c3ccccc3)c2N2CCCCC2)C(=O)N(C)C1=O. The molecule has 0 saturated carbocycles. The van der Waals surface area contributed by atoms with Crippen molar-refractivity contribution >= 4 is 41.1 Å². The van der Waals surface area contributed by atoms with Gasteiger partial charge < -0.3 is 4.90 Å². The van der Waals surface area contributed by atoms with Gasteiger partial charge in [-0.25, -0.2) is 4.79 Å². The van der Waals surface area contributed by atoms with E-state index < -0.39 is 17.8 Å². The normalized spacial score (nSPS) is 17.7. The zero-order chi connectivity index (χ0) is 21.4. The van der Waals surface area contributed by atoms with Crippen LogP contribution in [0.2, 0.25) is 0 Å². The number of hydrogen-bond donors (Lipinski definition) is 0. The molecule has 2 aliphatic heterocycles. The topological polar surface area (TPSA) is 82.9 Å². The third-order valence-electron chi connectivity index (χ3n) is 5.40. The van der Waals surface area contributed by atoms with Crippen LogP contribution in [0, 0.1) is 0 Å². The number of carbonyl (C=O) groups excluding carboxylic acids is 3. The molecule has 0 unspecified atom stereocenters. The fourth-order valence-electron chi connectivity index (χ4n) is 3.79. The van der Waals surface area contributed by atoms with Gasteiger partial charge in [-0.05, 0) is 37.5 Å². The maximum Gasteiger partial charge on any atom is 0.333 e. The third-order valence-corrected chi connectivity index (χ3v) is 6.28. The smallest absolute Gasteiger partial charge is 0.333 e. The summed E-state index contributed by atoms with van der Waals surface area (Å²) in [7, 11) is 2.68. The molecule has 9 heteroatoms. The summed E-state index contributed by atoms with van der Waals surface area (Å²) >= 11 is 0.993. The van der Waals surface area contributed by atoms with Crippen molar-refractivity contribution in [3.63, 3.8) is 0 Å². The number of urea groups is 1. The summed E-state index contributed by atoms with van der Waals surface area (Å²) < 4.78 is 1.64. The molecule has 0 atom stereocenters. The van der Waals surface area contributed by atoms with E-state index in [2.05, 4.69) is 4.90 Å². The molecule has 2 fully saturated rings. The van der Waals surface area contributed by atoms with E-state index >= 15 is 0 Å². The average molecular weight is 426 g/mol. The number of aromatic nitrogens is 1. The van der Waals surface area contributed by atoms with Gasteiger partial charge in [-0.1, -0.05) is 29.5 Å². The summed E-state index contributed by atoms with van der Waals surface area (Å²) in [4.78, 5) is 54.6. The second-order valence-corrected chi connectivity index (χ2v) is 8.34. The maximum absolute atomic E-state index is 13.0. The van der Waals surface area contributed by atoms with Crippen molar-refractivity contribution in [3.05, 3.63) is 50.4 Å². The van der Waals surface area contributed by atoms with Gasteiger partial charge in [0.1, 0.15) is 11.4 Å². The number of rotatable bonds is 3. The van der Waals surface area contributed by atoms with Gasteiger partial charge in [0, 0.05) is 27.2 Å². The largest absolute Gasteiger partial charge is 0.356 e. The fraction of sp³-hybridized carbons (Fsp3) is 0.333. The highest BCUT2D eigenvalue weighted by Gasteiger charge is 2.38. The molecule has 0 spiro atoms. The standard InChI is InChI=1S/C21H22N4O4S/c1-22-18(26)15(19(27)23(2)20(22)28)13-16-17(24-11-7-4-8-12-24)25(21(29)30-16)14-9-5-3-6-10-14/h3,5-6,9-10,13H,4,7-8,11-12H2,1-2H3. The monoisotopic (exact) mass is 426 g/mol. The Kier molecular flexibility index (Phi) is 5.29. The number of imide groups is 2. The minimum Gasteiger partial charge on any atom is -0.356 e. The Morgan fingerprint density at radius 1 is 0.867 bits per heavy atom. The molecule has 30 heavy (non-hydrogen) atoms. The van der Waals surface area contributed by atoms with Crippen LogP contribution in [0.15, 0.2) is 40.7 Å². The van der Waals surface area contributed by atoms with Crippen LogP contribution in [0.4, 0.5) is 10.6 Å². The van der Waals surface area contributed by atoms with Gasteiger partial charge in [-0.3, -0.25) is 28.8 Å². The van der Waals surface area contributed by atoms with Gasteiger partial charge in [0.2, 0.25) is 0 Å². The number of piperidine rings is 1. The van der Waals surface area contributed by atoms with Crippen LogP contribution in [0.25, 0.3) is 11.8 Å². The molecular formula is C21H22N4O4S. The van der Waals surface area contributed by atoms with E-state index in [1.807, 2.05) is 30.3 Å². The first-order valence-corrected chi connectivity index (χ1v) is 10.6. The first kappa shape index (κ1) is 20.1. The van der Waals surface area contributed by atoms with Crippen molar-refractivity contribution < 1.29 is 14.4 Å². The summed E-state index contributed by atoms with van der Waals surface area (Å²) in [6.07, 6.45) is 4.60. The summed E-state index contributed by atoms with van der Waals surface area (Å²) in [5.74, 6) is -0.647. The number of nitrogens with zero attached hydrogens (tertiary/aromatic N) is 4. The van der Waals surface area contributed by atoms with Crippen LogP contribution in [0.3, 0.4) is 0 Å². The van der Waals surface area contributed by atoms with E-state index in [0.717, 1.165) is 59.2 Å². The summed E-state index contributed by atoms with van der Waals surface area (Å²) in [5, 5.41) is 0. The molecule has 0 bridgehead atoms. The molecule has 0 radical (unpaired) electrons. The molecular weight excluding hydrogens is 404 g/mol. The molecule has 1 aromatic carbocycles. The Labute approximate surface area is 177 Å². The van der Waals surface area contributed by atoms with Crippen LogP contribution in [0.5, 0.6) is 0 Å². The lowest BCUT2D eigenvalue weighted by Crippen LogP contribution is -2.52. The predicted octanol–water partition coefficient (Wildman–Crippen LogP) is 2.32. The number of para-hydroxylation sites is 1. The zero-order valence-corrected chi connectivity index (χ0v) is 17.6. The van der Waals surface area contributed by atoms with Gasteiger partial charge in [-0.15, -0.1) is 0 Å². The number of anilines is 1. The lowest BCUT2D eigenvalue weighted by Gasteiger charge is -2.31. The van der Waals surface area contributed by atoms with Crippen molar-refractivity contribution in [2.75, 3.05) is 32.1 Å². The number of carbonyl (C=O) groups is 3. The molecule has 4 amide bonds. The van der Waals surface area contributed by atoms with Crippen LogP contribution in [-0.4, -0.2) is 59.4 Å². The Morgan fingerprint density at radius 2 is 1.47 bits per heavy atom. The van der Waals surface area contributed by atoms with E-state index in [9.17, 15) is 19.2 Å². The van der Waals surface area contributed by atoms with Gasteiger partial charge in [-0.2, -0.15) is 0 Å². The van der Waals surface area contributed by atoms with Crippen molar-refractivity contribution in [3.8, 4) is 5.69 Å². The lowest BCUT2D eigenvalue weighted by atomic mass is 10.1. The highest BCUT2D eigenvalue weighted by molar-refractivity contribution is 7.10. The van der Waals surface area contributed by atoms with Gasteiger partial charge in [0.15, 0.2) is 0 Å². The van der Waals surface area contributed by atoms with Crippen LogP contribution in [-0.2, 0) is 9.59 Å². The first-order valence-electron chi connectivity index (χ1n) is 9.78. The van der Waals surface area contributed by atoms with E-state index in [0.29, 0.717) is 10.7 Å². The maximum atomic E-state index is 13.0. The summed E-state index contributed by atoms with van der Waals surface area (Å²) in [6.45, 7) is 1.58. The third kappa shape index (κ3) is 3.35. The highest BCUT2D eigenvalue weighted by Crippen LogP contribution is 2.32. The average Bonchev–Trinajstić information content (AvgIpc) is 3.10. The van der Waals surface area contributed by atoms with Crippen molar-refractivity contribution in [2.24, 2.45) is 0 Å². The minimum atomic E-state index is -0.673. The van der Waals surface area contributed by atoms with Gasteiger partial charge >= 0.3 is 10.9 Å². The molecule has 2 aromatic rings. The van der Waals surface area contributed by atoms with Gasteiger partial charge in [0.05, 0.1) is 10.6 Å². The Bertz CT molecular complexity index is 1070. The van der Waals surface area contributed by atoms with Crippen LogP contribution in [0.1, 0.15) is 24.1 Å². The second-order valence-electron chi connectivity index (χ2n) is 7.34. The van der Waals surface area contributed by atoms with Crippen molar-refractivity contribution in [2.45, 2.75) is 19.3 Å². The number of amides is 4. The predicted molar refractivity (Wildman–Crippen MR) is 115 cm³/mol. The van der Waals surface area contributed by atoms with E-state index in [4.69, 9.17) is 0 Å². The molecule has 2 saturated heterocycles. The molecule has 8 nitrogen and oxygen atoms in total. The molecule has 0 N–H and O–H groups in total. The lowest BCUT2D eigenvalue weighted by molar-refractivity contribution is -0.134. The van der Waals surface area contributed by atoms with Crippen LogP contribution < -0.4 is 9.77 Å². The number of benzene rings is 1. The molecule has 0 aliphatic carbocycles. The van der Waals surface area contributed by atoms with E-state index in [1.165, 1.54) is 20.2 Å². The Balaban J connectivity index is 1.89. The number of likely N-dealkylation sites (N-methyl/N-ethyl adjacent to an activating group) is 2. The molecule has 1 aromatic heterocycles. The quantitative estimate of drug-likeness (QED) is 0.556. The number of thiazole rings is 1. The summed E-state index contributed by atoms with van der Waals surface area (Å²) in [5.41, 5.74) is 0.606. The zero-order valence-electron chi connectivity index (χ0n) is 16.8. The molecule has 156 valence electrons. The van der Waals surface area contributed by atoms with E-state index in [-0.39, 0.29) is 10.4 Å². The first-order chi connectivity index (χ1) is 14.4. The highest BCUT2D eigenvalue weighted by atomic mass is 32.1. The Hall–Kier alpha value is -3.20. The van der Waals surface area contributed by atoms with E-state index in [1.54, 1.807) is 4.57 Å². The molecule has 4 rings (SSSR count). The molecule has 3 heterocycles. The second kappa shape index (κ2) is 7.91. The summed E-state index contributed by atoms with van der Waals surface area (Å²) in [6, 6.07) is 8.65. The van der Waals surface area contributed by atoms with Gasteiger partial charge in [0.25, 0.3) is 11.8 Å². The van der Waals surface area contributed by atoms with Crippen molar-refractivity contribution in [1.82, 2.24) is 14.4 Å². The molecule has 2 aliphatic rings. The number of barbiturate groups is 1. The van der Waals surface area contributed by atoms with Crippen molar-refractivity contribution in [1.29, 1.82) is 0 Å². The fourth-order valence-corrected chi connectivity index (χ4v) is 4.75. The Morgan fingerprint density at radius 3 is 2.07 bits per heavy atom. The number of hydrogen-bond acceptors (Lipinski definition) is 6.